The molecular formula is C14H27NO. The maximum Gasteiger partial charge on any atom is 0.137 e. The van der Waals surface area contributed by atoms with Gasteiger partial charge in [-0.1, -0.05) is 46.0 Å². The number of hydrogen-bond acceptors (Lipinski definition) is 2. The van der Waals surface area contributed by atoms with E-state index in [0.717, 1.165) is 32.1 Å². The Morgan fingerprint density at radius 1 is 1.19 bits per heavy atom. The second kappa shape index (κ2) is 7.05. The number of hydrogen-bond donors (Lipinski definition) is 1. The lowest BCUT2D eigenvalue weighted by molar-refractivity contribution is -0.124. The lowest BCUT2D eigenvalue weighted by Gasteiger charge is -2.22. The van der Waals surface area contributed by atoms with Crippen molar-refractivity contribution in [2.24, 2.45) is 17.6 Å². The van der Waals surface area contributed by atoms with Gasteiger partial charge in [0.05, 0.1) is 0 Å². The molecular weight excluding hydrogens is 198 g/mol. The van der Waals surface area contributed by atoms with Crippen LogP contribution >= 0.6 is 0 Å². The Bertz CT molecular complexity index is 211. The van der Waals surface area contributed by atoms with Crippen molar-refractivity contribution < 1.29 is 4.79 Å². The van der Waals surface area contributed by atoms with Gasteiger partial charge < -0.3 is 5.73 Å². The Kier molecular flexibility index (Phi) is 6.04. The van der Waals surface area contributed by atoms with E-state index < -0.39 is 0 Å². The highest BCUT2D eigenvalue weighted by molar-refractivity contribution is 5.81. The maximum absolute atomic E-state index is 12.2. The van der Waals surface area contributed by atoms with Gasteiger partial charge in [0.25, 0.3) is 0 Å². The largest absolute Gasteiger partial charge is 0.327 e. The van der Waals surface area contributed by atoms with Crippen LogP contribution in [0, 0.1) is 11.8 Å². The molecule has 1 fully saturated rings. The monoisotopic (exact) mass is 225 g/mol. The first-order valence-corrected chi connectivity index (χ1v) is 6.97. The fourth-order valence-corrected chi connectivity index (χ4v) is 2.75. The molecule has 0 aromatic heterocycles. The van der Waals surface area contributed by atoms with Crippen molar-refractivity contribution >= 4 is 5.78 Å². The predicted molar refractivity (Wildman–Crippen MR) is 68.2 cm³/mol. The molecule has 1 aliphatic carbocycles. The van der Waals surface area contributed by atoms with Crippen LogP contribution < -0.4 is 5.73 Å². The fourth-order valence-electron chi connectivity index (χ4n) is 2.75. The van der Waals surface area contributed by atoms with Crippen molar-refractivity contribution in [1.82, 2.24) is 0 Å². The highest BCUT2D eigenvalue weighted by Crippen LogP contribution is 2.26. The summed E-state index contributed by atoms with van der Waals surface area (Å²) in [5.41, 5.74) is 6.12. The second-order valence-electron chi connectivity index (χ2n) is 5.26. The van der Waals surface area contributed by atoms with Crippen LogP contribution in [0.25, 0.3) is 0 Å². The molecule has 0 aliphatic heterocycles. The third-order valence-corrected chi connectivity index (χ3v) is 4.13. The van der Waals surface area contributed by atoms with Gasteiger partial charge in [-0.3, -0.25) is 4.79 Å². The smallest absolute Gasteiger partial charge is 0.137 e. The van der Waals surface area contributed by atoms with Crippen molar-refractivity contribution in [3.05, 3.63) is 0 Å². The van der Waals surface area contributed by atoms with E-state index in [2.05, 4.69) is 13.8 Å². The molecule has 94 valence electrons. The van der Waals surface area contributed by atoms with Crippen LogP contribution in [0.2, 0.25) is 0 Å². The van der Waals surface area contributed by atoms with Gasteiger partial charge in [-0.2, -0.15) is 0 Å². The van der Waals surface area contributed by atoms with Crippen molar-refractivity contribution in [2.75, 3.05) is 0 Å². The van der Waals surface area contributed by atoms with Crippen LogP contribution in [0.15, 0.2) is 0 Å². The Balaban J connectivity index is 2.50. The van der Waals surface area contributed by atoms with E-state index in [1.165, 1.54) is 19.3 Å². The third-order valence-electron chi connectivity index (χ3n) is 4.13. The number of Topliss-reactive ketones (excluding diaryl/α,β-unsaturated/α-hetero) is 1. The van der Waals surface area contributed by atoms with Gasteiger partial charge in [-0.05, 0) is 18.8 Å². The summed E-state index contributed by atoms with van der Waals surface area (Å²) < 4.78 is 0. The summed E-state index contributed by atoms with van der Waals surface area (Å²) in [5.74, 6) is 1.16. The predicted octanol–water partition coefficient (Wildman–Crippen LogP) is 3.29. The molecule has 2 heteroatoms. The zero-order valence-electron chi connectivity index (χ0n) is 10.9. The summed E-state index contributed by atoms with van der Waals surface area (Å²) in [6, 6.07) is 0.129. The topological polar surface area (TPSA) is 43.1 Å². The van der Waals surface area contributed by atoms with E-state index in [9.17, 15) is 4.79 Å². The summed E-state index contributed by atoms with van der Waals surface area (Å²) in [4.78, 5) is 12.2. The average molecular weight is 225 g/mol. The van der Waals surface area contributed by atoms with E-state index in [1.807, 2.05) is 0 Å². The second-order valence-corrected chi connectivity index (χ2v) is 5.26. The lowest BCUT2D eigenvalue weighted by atomic mass is 9.85. The lowest BCUT2D eigenvalue weighted by Crippen LogP contribution is -2.35. The molecule has 0 amide bonds. The van der Waals surface area contributed by atoms with E-state index in [-0.39, 0.29) is 12.0 Å². The van der Waals surface area contributed by atoms with Gasteiger partial charge in [0.2, 0.25) is 0 Å². The van der Waals surface area contributed by atoms with Gasteiger partial charge in [-0.15, -0.1) is 0 Å². The van der Waals surface area contributed by atoms with E-state index in [4.69, 9.17) is 5.73 Å². The fraction of sp³-hybridized carbons (Fsp3) is 0.929. The highest BCUT2D eigenvalue weighted by Gasteiger charge is 2.27. The van der Waals surface area contributed by atoms with E-state index in [0.29, 0.717) is 11.7 Å². The number of ketones is 1. The molecule has 2 N–H and O–H groups in total. The molecule has 0 spiro atoms. The van der Waals surface area contributed by atoms with Gasteiger partial charge in [0, 0.05) is 18.4 Å². The summed E-state index contributed by atoms with van der Waals surface area (Å²) in [6.07, 6.45) is 8.70. The molecule has 0 bridgehead atoms. The number of rotatable bonds is 5. The molecule has 1 aliphatic rings. The SMILES string of the molecule is CCC(CC)CC(=O)C1CCCCCC1N. The first kappa shape index (κ1) is 13.7. The van der Waals surface area contributed by atoms with Crippen molar-refractivity contribution in [1.29, 1.82) is 0 Å². The van der Waals surface area contributed by atoms with Gasteiger partial charge >= 0.3 is 0 Å². The van der Waals surface area contributed by atoms with Crippen LogP contribution in [0.4, 0.5) is 0 Å². The Hall–Kier alpha value is -0.370. The first-order chi connectivity index (χ1) is 7.69. The highest BCUT2D eigenvalue weighted by atomic mass is 16.1. The van der Waals surface area contributed by atoms with Crippen LogP contribution in [0.3, 0.4) is 0 Å². The normalized spacial score (nSPS) is 26.8. The average Bonchev–Trinajstić information content (AvgIpc) is 2.50. The molecule has 0 aromatic rings. The minimum atomic E-state index is 0.129. The van der Waals surface area contributed by atoms with Gasteiger partial charge in [-0.25, -0.2) is 0 Å². The van der Waals surface area contributed by atoms with Crippen LogP contribution in [0.1, 0.15) is 65.2 Å². The number of nitrogens with two attached hydrogens (primary N) is 1. The summed E-state index contributed by atoms with van der Waals surface area (Å²) in [6.45, 7) is 4.35. The van der Waals surface area contributed by atoms with Gasteiger partial charge in [0.1, 0.15) is 5.78 Å². The first-order valence-electron chi connectivity index (χ1n) is 6.97. The van der Waals surface area contributed by atoms with Crippen LogP contribution in [-0.2, 0) is 4.79 Å². The Morgan fingerprint density at radius 2 is 1.81 bits per heavy atom. The maximum atomic E-state index is 12.2. The molecule has 1 saturated carbocycles. The summed E-state index contributed by atoms with van der Waals surface area (Å²) >= 11 is 0. The van der Waals surface area contributed by atoms with Crippen LogP contribution in [-0.4, -0.2) is 11.8 Å². The molecule has 0 aromatic carbocycles. The summed E-state index contributed by atoms with van der Waals surface area (Å²) in [7, 11) is 0. The van der Waals surface area contributed by atoms with Gasteiger partial charge in [0.15, 0.2) is 0 Å². The van der Waals surface area contributed by atoms with Crippen molar-refractivity contribution in [3.63, 3.8) is 0 Å². The molecule has 0 saturated heterocycles. The van der Waals surface area contributed by atoms with Crippen molar-refractivity contribution in [2.45, 2.75) is 71.3 Å². The minimum absolute atomic E-state index is 0.129. The molecule has 2 atom stereocenters. The Morgan fingerprint density at radius 3 is 2.44 bits per heavy atom. The standard InChI is InChI=1S/C14H27NO/c1-3-11(4-2)10-14(16)12-8-6-5-7-9-13(12)15/h11-13H,3-10,15H2,1-2H3. The summed E-state index contributed by atoms with van der Waals surface area (Å²) in [5, 5.41) is 0. The molecule has 2 nitrogen and oxygen atoms in total. The quantitative estimate of drug-likeness (QED) is 0.730. The molecule has 0 radical (unpaired) electrons. The number of carbonyl (C=O) groups excluding carboxylic acids is 1. The molecule has 2 unspecified atom stereocenters. The third kappa shape index (κ3) is 3.89. The number of carbonyl (C=O) groups is 1. The van der Waals surface area contributed by atoms with Crippen LogP contribution in [0.5, 0.6) is 0 Å². The molecule has 1 rings (SSSR count). The van der Waals surface area contributed by atoms with Crippen molar-refractivity contribution in [3.8, 4) is 0 Å². The minimum Gasteiger partial charge on any atom is -0.327 e. The van der Waals surface area contributed by atoms with E-state index >= 15 is 0 Å². The zero-order chi connectivity index (χ0) is 12.0. The molecule has 16 heavy (non-hydrogen) atoms. The van der Waals surface area contributed by atoms with E-state index in [1.54, 1.807) is 0 Å². The molecule has 0 heterocycles. The zero-order valence-corrected chi connectivity index (χ0v) is 10.9. The Labute approximate surface area is 100.0 Å².